The molecule has 7 nitrogen and oxygen atoms in total. The maximum Gasteiger partial charge on any atom is 0.289 e. The molecule has 0 spiro atoms. The van der Waals surface area contributed by atoms with Crippen molar-refractivity contribution in [1.29, 1.82) is 0 Å². The molecule has 0 aliphatic carbocycles. The number of H-pyrrole nitrogens is 1. The number of hydrogen-bond donors (Lipinski definition) is 2. The second-order valence-corrected chi connectivity index (χ2v) is 7.19. The van der Waals surface area contributed by atoms with Crippen LogP contribution in [-0.4, -0.2) is 36.0 Å². The Balaban J connectivity index is 1.55. The molecule has 1 heterocycles. The third-order valence-electron chi connectivity index (χ3n) is 4.43. The number of amides is 1. The van der Waals surface area contributed by atoms with E-state index < -0.39 is 0 Å². The first-order valence-electron chi connectivity index (χ1n) is 9.81. The summed E-state index contributed by atoms with van der Waals surface area (Å²) in [6.45, 7) is 5.03. The fourth-order valence-electron chi connectivity index (χ4n) is 2.64. The molecule has 3 aromatic rings. The van der Waals surface area contributed by atoms with Crippen LogP contribution < -0.4 is 14.9 Å². The molecular weight excluding hydrogens is 380 g/mol. The monoisotopic (exact) mass is 406 g/mol. The summed E-state index contributed by atoms with van der Waals surface area (Å²) in [7, 11) is 1.61. The number of carbonyl (C=O) groups excluding carboxylic acids is 1. The van der Waals surface area contributed by atoms with Crippen molar-refractivity contribution in [3.8, 4) is 22.8 Å². The van der Waals surface area contributed by atoms with Crippen LogP contribution in [-0.2, 0) is 0 Å². The smallest absolute Gasteiger partial charge is 0.289 e. The molecule has 3 rings (SSSR count). The lowest BCUT2D eigenvalue weighted by Crippen LogP contribution is -2.17. The van der Waals surface area contributed by atoms with Gasteiger partial charge >= 0.3 is 0 Å². The van der Waals surface area contributed by atoms with Gasteiger partial charge in [0.1, 0.15) is 17.2 Å². The van der Waals surface area contributed by atoms with E-state index in [1.165, 1.54) is 0 Å². The van der Waals surface area contributed by atoms with Gasteiger partial charge in [-0.3, -0.25) is 9.89 Å². The van der Waals surface area contributed by atoms with Gasteiger partial charge in [-0.05, 0) is 72.5 Å². The highest BCUT2D eigenvalue weighted by atomic mass is 16.5. The molecule has 1 amide bonds. The van der Waals surface area contributed by atoms with Crippen molar-refractivity contribution >= 4 is 12.1 Å². The van der Waals surface area contributed by atoms with Crippen molar-refractivity contribution in [1.82, 2.24) is 15.6 Å². The van der Waals surface area contributed by atoms with Crippen LogP contribution in [0, 0.1) is 5.92 Å². The average Bonchev–Trinajstić information content (AvgIpc) is 3.25. The largest absolute Gasteiger partial charge is 0.497 e. The average molecular weight is 406 g/mol. The lowest BCUT2D eigenvalue weighted by Gasteiger charge is -2.08. The van der Waals surface area contributed by atoms with Crippen LogP contribution in [0.3, 0.4) is 0 Å². The zero-order chi connectivity index (χ0) is 21.3. The van der Waals surface area contributed by atoms with E-state index in [2.05, 4.69) is 34.6 Å². The Morgan fingerprint density at radius 1 is 1.13 bits per heavy atom. The van der Waals surface area contributed by atoms with Gasteiger partial charge in [-0.25, -0.2) is 5.43 Å². The molecule has 0 unspecified atom stereocenters. The van der Waals surface area contributed by atoms with Gasteiger partial charge in [-0.15, -0.1) is 0 Å². The molecule has 0 saturated heterocycles. The molecule has 2 aromatic carbocycles. The van der Waals surface area contributed by atoms with E-state index in [9.17, 15) is 4.79 Å². The first-order chi connectivity index (χ1) is 14.5. The predicted octanol–water partition coefficient (Wildman–Crippen LogP) is 4.27. The van der Waals surface area contributed by atoms with E-state index in [0.717, 1.165) is 29.0 Å². The highest BCUT2D eigenvalue weighted by Crippen LogP contribution is 2.21. The Bertz CT molecular complexity index is 976. The number of nitrogens with zero attached hydrogens (tertiary/aromatic N) is 2. The standard InChI is InChI=1S/C23H26N4O3/c1-16(2)12-13-30-20-10-6-18(7-11-20)21-14-22(26-25-21)23(28)27-24-15-17-4-8-19(29-3)9-5-17/h4-11,14-16H,12-13H2,1-3H3,(H,25,26)(H,27,28). The molecule has 0 atom stereocenters. The number of aromatic nitrogens is 2. The van der Waals surface area contributed by atoms with Gasteiger partial charge in [-0.2, -0.15) is 10.2 Å². The van der Waals surface area contributed by atoms with E-state index in [4.69, 9.17) is 9.47 Å². The van der Waals surface area contributed by atoms with E-state index in [1.54, 1.807) is 19.4 Å². The van der Waals surface area contributed by atoms with Gasteiger partial charge < -0.3 is 9.47 Å². The van der Waals surface area contributed by atoms with Crippen LogP contribution in [0.25, 0.3) is 11.3 Å². The summed E-state index contributed by atoms with van der Waals surface area (Å²) >= 11 is 0. The Morgan fingerprint density at radius 3 is 2.50 bits per heavy atom. The molecule has 156 valence electrons. The zero-order valence-corrected chi connectivity index (χ0v) is 17.4. The normalized spacial score (nSPS) is 11.1. The quantitative estimate of drug-likeness (QED) is 0.410. The van der Waals surface area contributed by atoms with Crippen LogP contribution in [0.1, 0.15) is 36.3 Å². The summed E-state index contributed by atoms with van der Waals surface area (Å²) in [5.74, 6) is 1.82. The second kappa shape index (κ2) is 10.2. The van der Waals surface area contributed by atoms with E-state index in [1.807, 2.05) is 48.5 Å². The van der Waals surface area contributed by atoms with Crippen molar-refractivity contribution in [2.45, 2.75) is 20.3 Å². The van der Waals surface area contributed by atoms with Crippen molar-refractivity contribution in [3.05, 3.63) is 65.9 Å². The minimum atomic E-state index is -0.368. The molecule has 0 aliphatic rings. The Morgan fingerprint density at radius 2 is 1.83 bits per heavy atom. The minimum Gasteiger partial charge on any atom is -0.497 e. The molecule has 30 heavy (non-hydrogen) atoms. The fourth-order valence-corrected chi connectivity index (χ4v) is 2.64. The zero-order valence-electron chi connectivity index (χ0n) is 17.4. The molecule has 2 N–H and O–H groups in total. The summed E-state index contributed by atoms with van der Waals surface area (Å²) in [5, 5.41) is 10.9. The third kappa shape index (κ3) is 5.94. The number of benzene rings is 2. The molecule has 0 bridgehead atoms. The van der Waals surface area contributed by atoms with Gasteiger partial charge in [0.2, 0.25) is 0 Å². The van der Waals surface area contributed by atoms with Crippen molar-refractivity contribution < 1.29 is 14.3 Å². The topological polar surface area (TPSA) is 88.6 Å². The minimum absolute atomic E-state index is 0.328. The third-order valence-corrected chi connectivity index (χ3v) is 4.43. The molecule has 7 heteroatoms. The van der Waals surface area contributed by atoms with Gasteiger partial charge in [-0.1, -0.05) is 13.8 Å². The van der Waals surface area contributed by atoms with Crippen molar-refractivity contribution in [3.63, 3.8) is 0 Å². The number of nitrogens with one attached hydrogen (secondary N) is 2. The number of aromatic amines is 1. The predicted molar refractivity (Wildman–Crippen MR) is 117 cm³/mol. The van der Waals surface area contributed by atoms with E-state index >= 15 is 0 Å². The summed E-state index contributed by atoms with van der Waals surface area (Å²) in [6.07, 6.45) is 2.58. The van der Waals surface area contributed by atoms with E-state index in [0.29, 0.717) is 23.9 Å². The SMILES string of the molecule is COc1ccc(C=NNC(=O)c2cc(-c3ccc(OCCC(C)C)cc3)n[nH]2)cc1. The van der Waals surface area contributed by atoms with Crippen LogP contribution in [0.4, 0.5) is 0 Å². The molecule has 0 radical (unpaired) electrons. The summed E-state index contributed by atoms with van der Waals surface area (Å²) in [5.41, 5.74) is 5.23. The number of carbonyl (C=O) groups is 1. The highest BCUT2D eigenvalue weighted by molar-refractivity contribution is 5.94. The lowest BCUT2D eigenvalue weighted by molar-refractivity contribution is 0.0950. The number of rotatable bonds is 9. The summed E-state index contributed by atoms with van der Waals surface area (Å²) in [6, 6.07) is 16.7. The van der Waals surface area contributed by atoms with Gasteiger partial charge in [0.25, 0.3) is 5.91 Å². The molecule has 0 saturated carbocycles. The molecular formula is C23H26N4O3. The number of hydrogen-bond acceptors (Lipinski definition) is 5. The van der Waals surface area contributed by atoms with Crippen LogP contribution in [0.15, 0.2) is 59.7 Å². The lowest BCUT2D eigenvalue weighted by atomic mass is 10.1. The maximum atomic E-state index is 12.3. The molecule has 0 aliphatic heterocycles. The van der Waals surface area contributed by atoms with Crippen LogP contribution in [0.5, 0.6) is 11.5 Å². The van der Waals surface area contributed by atoms with Gasteiger partial charge in [0.15, 0.2) is 0 Å². The first-order valence-corrected chi connectivity index (χ1v) is 9.81. The number of methoxy groups -OCH3 is 1. The summed E-state index contributed by atoms with van der Waals surface area (Å²) in [4.78, 5) is 12.3. The Labute approximate surface area is 176 Å². The molecule has 1 aromatic heterocycles. The van der Waals surface area contributed by atoms with E-state index in [-0.39, 0.29) is 5.91 Å². The van der Waals surface area contributed by atoms with Gasteiger partial charge in [0.05, 0.1) is 25.6 Å². The highest BCUT2D eigenvalue weighted by Gasteiger charge is 2.10. The number of hydrazone groups is 1. The molecule has 0 fully saturated rings. The number of ether oxygens (including phenoxy) is 2. The fraction of sp³-hybridized carbons (Fsp3) is 0.261. The van der Waals surface area contributed by atoms with Crippen molar-refractivity contribution in [2.24, 2.45) is 11.0 Å². The van der Waals surface area contributed by atoms with Gasteiger partial charge in [0, 0.05) is 5.56 Å². The van der Waals surface area contributed by atoms with Crippen LogP contribution in [0.2, 0.25) is 0 Å². The maximum absolute atomic E-state index is 12.3. The summed E-state index contributed by atoms with van der Waals surface area (Å²) < 4.78 is 10.8. The van der Waals surface area contributed by atoms with Crippen molar-refractivity contribution in [2.75, 3.05) is 13.7 Å². The Hall–Kier alpha value is -3.61. The van der Waals surface area contributed by atoms with Crippen LogP contribution >= 0.6 is 0 Å². The second-order valence-electron chi connectivity index (χ2n) is 7.19. The first kappa shape index (κ1) is 21.1. The Kier molecular flexibility index (Phi) is 7.21.